The van der Waals surface area contributed by atoms with Gasteiger partial charge >= 0.3 is 0 Å². The molecule has 0 aliphatic rings. The summed E-state index contributed by atoms with van der Waals surface area (Å²) in [4.78, 5) is 0.374. The summed E-state index contributed by atoms with van der Waals surface area (Å²) >= 11 is 5.79. The Balaban J connectivity index is 2.82. The molecule has 1 atom stereocenters. The van der Waals surface area contributed by atoms with Crippen LogP contribution in [0.1, 0.15) is 27.2 Å². The van der Waals surface area contributed by atoms with Crippen molar-refractivity contribution in [3.8, 4) is 0 Å². The smallest absolute Gasteiger partial charge is 0.178 e. The first kappa shape index (κ1) is 16.3. The number of alkyl halides is 1. The summed E-state index contributed by atoms with van der Waals surface area (Å²) in [7, 11) is -3.12. The van der Waals surface area contributed by atoms with Crippen molar-refractivity contribution in [2.45, 2.75) is 38.1 Å². The Kier molecular flexibility index (Phi) is 6.14. The summed E-state index contributed by atoms with van der Waals surface area (Å²) in [6.45, 7) is 5.93. The second-order valence-corrected chi connectivity index (χ2v) is 7.56. The quantitative estimate of drug-likeness (QED) is 0.784. The van der Waals surface area contributed by atoms with Crippen molar-refractivity contribution >= 4 is 27.1 Å². The molecule has 0 heterocycles. The van der Waals surface area contributed by atoms with Crippen LogP contribution in [0, 0.1) is 5.92 Å². The highest BCUT2D eigenvalue weighted by atomic mass is 35.5. The predicted octanol–water partition coefficient (Wildman–Crippen LogP) is 3.55. The van der Waals surface area contributed by atoms with Gasteiger partial charge in [-0.2, -0.15) is 0 Å². The predicted molar refractivity (Wildman–Crippen MR) is 81.8 cm³/mol. The molecule has 0 aliphatic carbocycles. The Morgan fingerprint density at radius 1 is 1.21 bits per heavy atom. The maximum atomic E-state index is 11.7. The van der Waals surface area contributed by atoms with Gasteiger partial charge in [-0.15, -0.1) is 11.6 Å². The largest absolute Gasteiger partial charge is 0.382 e. The third-order valence-electron chi connectivity index (χ3n) is 3.17. The summed E-state index contributed by atoms with van der Waals surface area (Å²) in [6, 6.07) is 7.22. The molecule has 0 aliphatic heterocycles. The standard InChI is InChI=1S/C14H22ClNO2S/c1-4-19(17,18)13-7-5-12(6-8-13)16-14(9-10-15)11(2)3/h5-8,11,14,16H,4,9-10H2,1-3H3. The SMILES string of the molecule is CCS(=O)(=O)c1ccc(NC(CCCl)C(C)C)cc1. The van der Waals surface area contributed by atoms with E-state index in [1.54, 1.807) is 19.1 Å². The molecule has 19 heavy (non-hydrogen) atoms. The molecule has 108 valence electrons. The van der Waals surface area contributed by atoms with E-state index < -0.39 is 9.84 Å². The van der Waals surface area contributed by atoms with E-state index in [4.69, 9.17) is 11.6 Å². The van der Waals surface area contributed by atoms with Crippen LogP contribution in [0.15, 0.2) is 29.2 Å². The third-order valence-corrected chi connectivity index (χ3v) is 5.14. The van der Waals surface area contributed by atoms with Gasteiger partial charge in [-0.25, -0.2) is 8.42 Å². The Morgan fingerprint density at radius 3 is 2.21 bits per heavy atom. The van der Waals surface area contributed by atoms with Crippen LogP contribution in [0.2, 0.25) is 0 Å². The first-order valence-electron chi connectivity index (χ1n) is 6.56. The lowest BCUT2D eigenvalue weighted by atomic mass is 10.0. The van der Waals surface area contributed by atoms with E-state index in [-0.39, 0.29) is 5.75 Å². The van der Waals surface area contributed by atoms with Gasteiger partial charge in [0.05, 0.1) is 10.6 Å². The van der Waals surface area contributed by atoms with Crippen LogP contribution in [0.3, 0.4) is 0 Å². The molecule has 0 aromatic heterocycles. The van der Waals surface area contributed by atoms with Crippen LogP contribution in [0.4, 0.5) is 5.69 Å². The minimum atomic E-state index is -3.12. The number of hydrogen-bond donors (Lipinski definition) is 1. The fourth-order valence-corrected chi connectivity index (χ4v) is 2.95. The highest BCUT2D eigenvalue weighted by Crippen LogP contribution is 2.19. The molecule has 1 aromatic carbocycles. The highest BCUT2D eigenvalue weighted by Gasteiger charge is 2.14. The van der Waals surface area contributed by atoms with Crippen molar-refractivity contribution in [1.82, 2.24) is 0 Å². The first-order valence-corrected chi connectivity index (χ1v) is 8.74. The van der Waals surface area contributed by atoms with Gasteiger partial charge in [0.15, 0.2) is 9.84 Å². The number of anilines is 1. The van der Waals surface area contributed by atoms with Gasteiger partial charge in [0.1, 0.15) is 0 Å². The van der Waals surface area contributed by atoms with Gasteiger partial charge < -0.3 is 5.32 Å². The fraction of sp³-hybridized carbons (Fsp3) is 0.571. The van der Waals surface area contributed by atoms with Crippen molar-refractivity contribution < 1.29 is 8.42 Å². The number of nitrogens with one attached hydrogen (secondary N) is 1. The number of hydrogen-bond acceptors (Lipinski definition) is 3. The van der Waals surface area contributed by atoms with E-state index in [0.29, 0.717) is 22.7 Å². The maximum Gasteiger partial charge on any atom is 0.178 e. The molecule has 5 heteroatoms. The summed E-state index contributed by atoms with van der Waals surface area (Å²) in [5, 5.41) is 3.40. The molecule has 1 rings (SSSR count). The molecule has 1 aromatic rings. The Labute approximate surface area is 121 Å². The van der Waals surface area contributed by atoms with Gasteiger partial charge in [-0.05, 0) is 36.6 Å². The van der Waals surface area contributed by atoms with Gasteiger partial charge in [0.2, 0.25) is 0 Å². The highest BCUT2D eigenvalue weighted by molar-refractivity contribution is 7.91. The van der Waals surface area contributed by atoms with E-state index in [2.05, 4.69) is 19.2 Å². The number of benzene rings is 1. The second-order valence-electron chi connectivity index (χ2n) is 4.90. The van der Waals surface area contributed by atoms with E-state index in [9.17, 15) is 8.42 Å². The molecular weight excluding hydrogens is 282 g/mol. The zero-order valence-corrected chi connectivity index (χ0v) is 13.3. The first-order chi connectivity index (χ1) is 8.90. The van der Waals surface area contributed by atoms with Crippen LogP contribution in [-0.4, -0.2) is 26.1 Å². The lowest BCUT2D eigenvalue weighted by Crippen LogP contribution is -2.26. The summed E-state index contributed by atoms with van der Waals surface area (Å²) in [5.74, 6) is 1.21. The van der Waals surface area contributed by atoms with Crippen LogP contribution < -0.4 is 5.32 Å². The summed E-state index contributed by atoms with van der Waals surface area (Å²) in [6.07, 6.45) is 0.883. The monoisotopic (exact) mass is 303 g/mol. The van der Waals surface area contributed by atoms with Crippen molar-refractivity contribution in [1.29, 1.82) is 0 Å². The minimum Gasteiger partial charge on any atom is -0.382 e. The summed E-state index contributed by atoms with van der Waals surface area (Å²) in [5.41, 5.74) is 0.930. The summed E-state index contributed by atoms with van der Waals surface area (Å²) < 4.78 is 23.4. The Bertz CT molecular complexity index is 483. The van der Waals surface area contributed by atoms with E-state index in [1.807, 2.05) is 12.1 Å². The maximum absolute atomic E-state index is 11.7. The fourth-order valence-electron chi connectivity index (χ4n) is 1.83. The van der Waals surface area contributed by atoms with Gasteiger partial charge in [-0.1, -0.05) is 20.8 Å². The molecule has 0 bridgehead atoms. The topological polar surface area (TPSA) is 46.2 Å². The number of sulfone groups is 1. The van der Waals surface area contributed by atoms with E-state index >= 15 is 0 Å². The third kappa shape index (κ3) is 4.69. The molecule has 1 unspecified atom stereocenters. The second kappa shape index (κ2) is 7.15. The van der Waals surface area contributed by atoms with Crippen molar-refractivity contribution in [2.24, 2.45) is 5.92 Å². The van der Waals surface area contributed by atoms with Gasteiger partial charge in [0.25, 0.3) is 0 Å². The van der Waals surface area contributed by atoms with E-state index in [1.165, 1.54) is 0 Å². The van der Waals surface area contributed by atoms with Crippen LogP contribution in [0.25, 0.3) is 0 Å². The Morgan fingerprint density at radius 2 is 1.79 bits per heavy atom. The lowest BCUT2D eigenvalue weighted by molar-refractivity contribution is 0.513. The molecule has 0 amide bonds. The van der Waals surface area contributed by atoms with E-state index in [0.717, 1.165) is 12.1 Å². The average Bonchev–Trinajstić information content (AvgIpc) is 2.38. The van der Waals surface area contributed by atoms with Crippen LogP contribution >= 0.6 is 11.6 Å². The molecule has 0 saturated heterocycles. The normalized spacial score (nSPS) is 13.5. The zero-order valence-electron chi connectivity index (χ0n) is 11.7. The van der Waals surface area contributed by atoms with Crippen molar-refractivity contribution in [2.75, 3.05) is 16.9 Å². The molecule has 0 radical (unpaired) electrons. The van der Waals surface area contributed by atoms with Crippen LogP contribution in [-0.2, 0) is 9.84 Å². The molecule has 0 fully saturated rings. The van der Waals surface area contributed by atoms with Gasteiger partial charge in [-0.3, -0.25) is 0 Å². The average molecular weight is 304 g/mol. The van der Waals surface area contributed by atoms with Gasteiger partial charge in [0, 0.05) is 17.6 Å². The molecule has 0 spiro atoms. The van der Waals surface area contributed by atoms with Crippen molar-refractivity contribution in [3.05, 3.63) is 24.3 Å². The molecular formula is C14H22ClNO2S. The molecule has 1 N–H and O–H groups in total. The molecule has 3 nitrogen and oxygen atoms in total. The number of rotatable bonds is 7. The zero-order chi connectivity index (χ0) is 14.5. The van der Waals surface area contributed by atoms with Crippen molar-refractivity contribution in [3.63, 3.8) is 0 Å². The minimum absolute atomic E-state index is 0.126. The van der Waals surface area contributed by atoms with Crippen LogP contribution in [0.5, 0.6) is 0 Å². The lowest BCUT2D eigenvalue weighted by Gasteiger charge is -2.22. The number of halogens is 1. The molecule has 0 saturated carbocycles. The Hall–Kier alpha value is -0.740.